The molecule has 1 aromatic carbocycles. The highest BCUT2D eigenvalue weighted by atomic mass is 32.2. The first-order valence-corrected chi connectivity index (χ1v) is 8.20. The average Bonchev–Trinajstić information content (AvgIpc) is 2.86. The summed E-state index contributed by atoms with van der Waals surface area (Å²) in [5, 5.41) is 0.0650. The van der Waals surface area contributed by atoms with Crippen LogP contribution in [0, 0.1) is 5.92 Å². The van der Waals surface area contributed by atoms with Crippen LogP contribution in [-0.2, 0) is 14.3 Å². The van der Waals surface area contributed by atoms with E-state index in [1.807, 2.05) is 0 Å². The fraction of sp³-hybridized carbons (Fsp3) is 0.438. The lowest BCUT2D eigenvalue weighted by Crippen LogP contribution is -2.25. The number of carbonyl (C=O) groups excluding carboxylic acids is 3. The van der Waals surface area contributed by atoms with Crippen LogP contribution >= 0.6 is 11.8 Å². The van der Waals surface area contributed by atoms with Crippen LogP contribution in [0.3, 0.4) is 0 Å². The fourth-order valence-corrected chi connectivity index (χ4v) is 3.09. The van der Waals surface area contributed by atoms with Crippen LogP contribution in [0.15, 0.2) is 24.3 Å². The maximum Gasteiger partial charge on any atom is 0.338 e. The quantitative estimate of drug-likeness (QED) is 0.780. The minimum Gasteiger partial charge on any atom is -0.462 e. The number of amides is 1. The molecule has 5 nitrogen and oxygen atoms in total. The lowest BCUT2D eigenvalue weighted by Gasteiger charge is -2.17. The Morgan fingerprint density at radius 1 is 1.41 bits per heavy atom. The van der Waals surface area contributed by atoms with Crippen LogP contribution in [0.2, 0.25) is 0 Å². The van der Waals surface area contributed by atoms with Gasteiger partial charge in [0, 0.05) is 31.3 Å². The molecule has 0 N–H and O–H groups in total. The molecule has 1 saturated heterocycles. The largest absolute Gasteiger partial charge is 0.462 e. The summed E-state index contributed by atoms with van der Waals surface area (Å²) in [7, 11) is 0. The number of rotatable bonds is 5. The van der Waals surface area contributed by atoms with Gasteiger partial charge in [-0.2, -0.15) is 0 Å². The van der Waals surface area contributed by atoms with Gasteiger partial charge in [0.2, 0.25) is 5.91 Å². The highest BCUT2D eigenvalue weighted by Gasteiger charge is 2.31. The first-order chi connectivity index (χ1) is 10.5. The second-order valence-electron chi connectivity index (χ2n) is 5.15. The van der Waals surface area contributed by atoms with E-state index in [2.05, 4.69) is 0 Å². The molecule has 1 aliphatic heterocycles. The third-order valence-electron chi connectivity index (χ3n) is 3.40. The Bertz CT molecular complexity index is 587. The topological polar surface area (TPSA) is 63.7 Å². The molecule has 1 atom stereocenters. The van der Waals surface area contributed by atoms with E-state index in [-0.39, 0.29) is 22.9 Å². The first-order valence-electron chi connectivity index (χ1n) is 7.22. The zero-order valence-corrected chi connectivity index (χ0v) is 13.5. The summed E-state index contributed by atoms with van der Waals surface area (Å²) in [4.78, 5) is 36.6. The molecule has 1 aliphatic rings. The molecular formula is C16H19NO4S. The van der Waals surface area contributed by atoms with Gasteiger partial charge in [0.25, 0.3) is 0 Å². The normalized spacial score (nSPS) is 17.6. The first kappa shape index (κ1) is 16.5. The highest BCUT2D eigenvalue weighted by molar-refractivity contribution is 8.13. The molecule has 0 saturated carbocycles. The van der Waals surface area contributed by atoms with E-state index in [9.17, 15) is 14.4 Å². The SMILES string of the molecule is CCOC(=O)c1cccc(N2CC(CSC(C)=O)CC2=O)c1. The second-order valence-corrected chi connectivity index (χ2v) is 6.34. The monoisotopic (exact) mass is 321 g/mol. The van der Waals surface area contributed by atoms with Gasteiger partial charge in [0.15, 0.2) is 5.12 Å². The Morgan fingerprint density at radius 2 is 2.18 bits per heavy atom. The van der Waals surface area contributed by atoms with Crippen molar-refractivity contribution in [3.05, 3.63) is 29.8 Å². The predicted molar refractivity (Wildman–Crippen MR) is 86.0 cm³/mol. The fourth-order valence-electron chi connectivity index (χ4n) is 2.39. The average molecular weight is 321 g/mol. The van der Waals surface area contributed by atoms with Crippen LogP contribution in [-0.4, -0.2) is 35.9 Å². The summed E-state index contributed by atoms with van der Waals surface area (Å²) in [5.74, 6) is 0.442. The van der Waals surface area contributed by atoms with Gasteiger partial charge in [0.05, 0.1) is 12.2 Å². The van der Waals surface area contributed by atoms with Crippen molar-refractivity contribution in [3.63, 3.8) is 0 Å². The Labute approximate surface area is 134 Å². The summed E-state index contributed by atoms with van der Waals surface area (Å²) < 4.78 is 4.98. The van der Waals surface area contributed by atoms with Crippen LogP contribution in [0.1, 0.15) is 30.6 Å². The molecule has 0 radical (unpaired) electrons. The lowest BCUT2D eigenvalue weighted by atomic mass is 10.1. The Kier molecular flexibility index (Phi) is 5.60. The summed E-state index contributed by atoms with van der Waals surface area (Å²) in [6, 6.07) is 6.90. The number of thioether (sulfide) groups is 1. The molecule has 22 heavy (non-hydrogen) atoms. The summed E-state index contributed by atoms with van der Waals surface area (Å²) >= 11 is 1.25. The third-order valence-corrected chi connectivity index (χ3v) is 4.44. The smallest absolute Gasteiger partial charge is 0.338 e. The van der Waals surface area contributed by atoms with Crippen molar-refractivity contribution in [2.24, 2.45) is 5.92 Å². The number of esters is 1. The lowest BCUT2D eigenvalue weighted by molar-refractivity contribution is -0.117. The van der Waals surface area contributed by atoms with Gasteiger partial charge in [-0.1, -0.05) is 17.8 Å². The third kappa shape index (κ3) is 4.10. The number of nitrogens with zero attached hydrogens (tertiary/aromatic N) is 1. The Morgan fingerprint density at radius 3 is 2.86 bits per heavy atom. The van der Waals surface area contributed by atoms with Crippen molar-refractivity contribution in [1.82, 2.24) is 0 Å². The molecule has 6 heteroatoms. The number of anilines is 1. The van der Waals surface area contributed by atoms with Crippen molar-refractivity contribution in [2.75, 3.05) is 23.8 Å². The van der Waals surface area contributed by atoms with Gasteiger partial charge in [0.1, 0.15) is 0 Å². The van der Waals surface area contributed by atoms with E-state index >= 15 is 0 Å². The molecular weight excluding hydrogens is 302 g/mol. The summed E-state index contributed by atoms with van der Waals surface area (Å²) in [6.07, 6.45) is 0.434. The van der Waals surface area contributed by atoms with Crippen LogP contribution in [0.4, 0.5) is 5.69 Å². The molecule has 0 aliphatic carbocycles. The zero-order valence-electron chi connectivity index (χ0n) is 12.7. The van der Waals surface area contributed by atoms with Gasteiger partial charge in [-0.05, 0) is 31.0 Å². The minimum absolute atomic E-state index is 0.0233. The maximum absolute atomic E-state index is 12.2. The maximum atomic E-state index is 12.2. The van der Waals surface area contributed by atoms with Gasteiger partial charge in [-0.3, -0.25) is 9.59 Å². The van der Waals surface area contributed by atoms with Crippen LogP contribution < -0.4 is 4.90 Å². The molecule has 0 bridgehead atoms. The van der Waals surface area contributed by atoms with E-state index < -0.39 is 0 Å². The van der Waals surface area contributed by atoms with E-state index in [0.29, 0.717) is 36.6 Å². The Balaban J connectivity index is 2.08. The van der Waals surface area contributed by atoms with E-state index in [1.165, 1.54) is 18.7 Å². The molecule has 1 amide bonds. The number of ether oxygens (including phenoxy) is 1. The van der Waals surface area contributed by atoms with E-state index in [4.69, 9.17) is 4.74 Å². The van der Waals surface area contributed by atoms with Crippen LogP contribution in [0.25, 0.3) is 0 Å². The molecule has 118 valence electrons. The minimum atomic E-state index is -0.389. The zero-order chi connectivity index (χ0) is 16.1. The van der Waals surface area contributed by atoms with Crippen molar-refractivity contribution >= 4 is 34.4 Å². The van der Waals surface area contributed by atoms with E-state index in [1.54, 1.807) is 36.1 Å². The number of hydrogen-bond donors (Lipinski definition) is 0. The van der Waals surface area contributed by atoms with Crippen LogP contribution in [0.5, 0.6) is 0 Å². The molecule has 1 aromatic rings. The van der Waals surface area contributed by atoms with Crippen molar-refractivity contribution in [1.29, 1.82) is 0 Å². The molecule has 0 spiro atoms. The number of hydrogen-bond acceptors (Lipinski definition) is 5. The Hall–Kier alpha value is -1.82. The molecule has 1 unspecified atom stereocenters. The van der Waals surface area contributed by atoms with Gasteiger partial charge in [-0.15, -0.1) is 0 Å². The van der Waals surface area contributed by atoms with E-state index in [0.717, 1.165) is 0 Å². The van der Waals surface area contributed by atoms with Crippen molar-refractivity contribution < 1.29 is 19.1 Å². The molecule has 2 rings (SSSR count). The van der Waals surface area contributed by atoms with Gasteiger partial charge >= 0.3 is 5.97 Å². The second kappa shape index (κ2) is 7.45. The van der Waals surface area contributed by atoms with Gasteiger partial charge in [-0.25, -0.2) is 4.79 Å². The number of carbonyl (C=O) groups is 3. The predicted octanol–water partition coefficient (Wildman–Crippen LogP) is 2.50. The van der Waals surface area contributed by atoms with Gasteiger partial charge < -0.3 is 9.64 Å². The highest BCUT2D eigenvalue weighted by Crippen LogP contribution is 2.28. The molecule has 1 heterocycles. The standard InChI is InChI=1S/C16H19NO4S/c1-3-21-16(20)13-5-4-6-14(8-13)17-9-12(7-15(17)19)10-22-11(2)18/h4-6,8,12H,3,7,9-10H2,1-2H3. The van der Waals surface area contributed by atoms with Crippen molar-refractivity contribution in [3.8, 4) is 0 Å². The summed E-state index contributed by atoms with van der Waals surface area (Å²) in [6.45, 7) is 4.17. The van der Waals surface area contributed by atoms with Crippen molar-refractivity contribution in [2.45, 2.75) is 20.3 Å². The molecule has 1 fully saturated rings. The summed E-state index contributed by atoms with van der Waals surface area (Å²) in [5.41, 5.74) is 1.14. The molecule has 0 aromatic heterocycles. The number of benzene rings is 1.